The maximum atomic E-state index is 6.60. The Kier molecular flexibility index (Phi) is 5.48. The third-order valence-electron chi connectivity index (χ3n) is 12.7. The molecular weight excluding hydrogens is 595 g/mol. The average molecular weight is 636 g/mol. The maximum absolute atomic E-state index is 6.60. The van der Waals surface area contributed by atoms with Crippen molar-refractivity contribution >= 4 is 55.7 Å². The fourth-order valence-electron chi connectivity index (χ4n) is 9.35. The first kappa shape index (κ1) is 29.4. The molecule has 49 heavy (non-hydrogen) atoms. The molecule has 2 nitrogen and oxygen atoms in total. The van der Waals surface area contributed by atoms with Gasteiger partial charge in [0.25, 0.3) is 0 Å². The summed E-state index contributed by atoms with van der Waals surface area (Å²) in [6.45, 7) is 20.1. The zero-order chi connectivity index (χ0) is 33.8. The molecule has 0 amide bonds. The van der Waals surface area contributed by atoms with Crippen LogP contribution in [0.2, 0.25) is 0 Å². The number of fused-ring (bicyclic) bond motifs is 14. The predicted octanol–water partition coefficient (Wildman–Crippen LogP) is 11.0. The highest BCUT2D eigenvalue weighted by atomic mass is 16.7. The van der Waals surface area contributed by atoms with E-state index in [1.165, 1.54) is 87.6 Å². The Morgan fingerprint density at radius 2 is 0.898 bits per heavy atom. The Morgan fingerprint density at radius 3 is 1.49 bits per heavy atom. The molecule has 1 heterocycles. The monoisotopic (exact) mass is 635 g/mol. The second-order valence-electron chi connectivity index (χ2n) is 16.5. The molecule has 7 aromatic carbocycles. The van der Waals surface area contributed by atoms with E-state index in [0.29, 0.717) is 0 Å². The van der Waals surface area contributed by atoms with Gasteiger partial charge >= 0.3 is 7.12 Å². The van der Waals surface area contributed by atoms with E-state index < -0.39 is 18.3 Å². The fraction of sp³-hybridized carbons (Fsp3) is 0.239. The van der Waals surface area contributed by atoms with E-state index in [1.807, 2.05) is 6.92 Å². The first-order valence-electron chi connectivity index (χ1n) is 17.6. The Labute approximate surface area is 289 Å². The zero-order valence-electron chi connectivity index (χ0n) is 29.4. The SMILES string of the molecule is [CH2+]C1(C)OB(c2cc3c(c4ccccc24)-c2cc4c(cc2C3(C)C)-c2cc3c5ccccc5c5ccccc5c3cc2C4(C)C)OC1(C)C. The minimum absolute atomic E-state index is 0.154. The lowest BCUT2D eigenvalue weighted by Crippen LogP contribution is -2.42. The van der Waals surface area contributed by atoms with Gasteiger partial charge in [-0.2, -0.15) is 0 Å². The van der Waals surface area contributed by atoms with Gasteiger partial charge < -0.3 is 9.31 Å². The van der Waals surface area contributed by atoms with Crippen LogP contribution in [0.4, 0.5) is 0 Å². The molecule has 0 radical (unpaired) electrons. The quantitative estimate of drug-likeness (QED) is 0.102. The van der Waals surface area contributed by atoms with Crippen molar-refractivity contribution in [2.75, 3.05) is 0 Å². The third-order valence-corrected chi connectivity index (χ3v) is 12.7. The second kappa shape index (κ2) is 9.15. The average Bonchev–Trinajstić information content (AvgIpc) is 3.55. The Hall–Kier alpha value is -4.57. The Balaban J connectivity index is 1.22. The summed E-state index contributed by atoms with van der Waals surface area (Å²) in [4.78, 5) is 0. The van der Waals surface area contributed by atoms with Crippen LogP contribution in [0.5, 0.6) is 0 Å². The van der Waals surface area contributed by atoms with E-state index in [9.17, 15) is 0 Å². The lowest BCUT2D eigenvalue weighted by molar-refractivity contribution is 0.0262. The van der Waals surface area contributed by atoms with Crippen molar-refractivity contribution < 1.29 is 9.31 Å². The van der Waals surface area contributed by atoms with E-state index in [0.717, 1.165) is 5.46 Å². The van der Waals surface area contributed by atoms with Crippen molar-refractivity contribution in [3.63, 3.8) is 0 Å². The Bertz CT molecular complexity index is 2610. The number of hydrogen-bond acceptors (Lipinski definition) is 2. The van der Waals surface area contributed by atoms with E-state index in [1.54, 1.807) is 0 Å². The van der Waals surface area contributed by atoms with Crippen LogP contribution in [0, 0.1) is 6.92 Å². The van der Waals surface area contributed by atoms with Gasteiger partial charge in [-0.15, -0.1) is 0 Å². The molecule has 2 aliphatic carbocycles. The highest BCUT2D eigenvalue weighted by Crippen LogP contribution is 2.58. The van der Waals surface area contributed by atoms with Gasteiger partial charge in [0, 0.05) is 17.8 Å². The van der Waals surface area contributed by atoms with E-state index in [-0.39, 0.29) is 10.8 Å². The molecule has 10 rings (SSSR count). The fourth-order valence-corrected chi connectivity index (χ4v) is 9.35. The summed E-state index contributed by atoms with van der Waals surface area (Å²) in [5, 5.41) is 10.4. The molecule has 3 aliphatic rings. The van der Waals surface area contributed by atoms with Gasteiger partial charge in [0.1, 0.15) is 5.60 Å². The molecule has 1 fully saturated rings. The normalized spacial score (nSPS) is 21.0. The van der Waals surface area contributed by atoms with E-state index in [4.69, 9.17) is 9.31 Å². The first-order chi connectivity index (χ1) is 23.3. The summed E-state index contributed by atoms with van der Waals surface area (Å²) < 4.78 is 13.2. The smallest absolute Gasteiger partial charge is 0.395 e. The van der Waals surface area contributed by atoms with Gasteiger partial charge in [0.15, 0.2) is 0 Å². The summed E-state index contributed by atoms with van der Waals surface area (Å²) in [7, 11) is -0.484. The minimum atomic E-state index is -0.655. The maximum Gasteiger partial charge on any atom is 0.498 e. The van der Waals surface area contributed by atoms with Crippen molar-refractivity contribution in [3.8, 4) is 22.3 Å². The predicted molar refractivity (Wildman–Crippen MR) is 207 cm³/mol. The molecule has 0 bridgehead atoms. The second-order valence-corrected chi connectivity index (χ2v) is 16.5. The van der Waals surface area contributed by atoms with Gasteiger partial charge in [-0.1, -0.05) is 107 Å². The summed E-state index contributed by atoms with van der Waals surface area (Å²) in [5.41, 5.74) is 10.5. The molecule has 0 aromatic heterocycles. The van der Waals surface area contributed by atoms with Gasteiger partial charge in [0.05, 0.1) is 6.92 Å². The molecule has 3 heteroatoms. The third kappa shape index (κ3) is 3.62. The first-order valence-corrected chi connectivity index (χ1v) is 17.6. The van der Waals surface area contributed by atoms with Crippen LogP contribution >= 0.6 is 0 Å². The molecule has 1 unspecified atom stereocenters. The highest BCUT2D eigenvalue weighted by molar-refractivity contribution is 6.65. The largest absolute Gasteiger partial charge is 0.498 e. The van der Waals surface area contributed by atoms with E-state index >= 15 is 0 Å². The van der Waals surface area contributed by atoms with Crippen LogP contribution in [0.3, 0.4) is 0 Å². The molecule has 0 saturated carbocycles. The van der Waals surface area contributed by atoms with Gasteiger partial charge in [-0.3, -0.25) is 0 Å². The molecule has 1 aliphatic heterocycles. The summed E-state index contributed by atoms with van der Waals surface area (Å²) in [5.74, 6) is 0. The molecular formula is C46H40BO2+. The lowest BCUT2D eigenvalue weighted by atomic mass is 9.72. The van der Waals surface area contributed by atoms with Crippen LogP contribution in [0.1, 0.15) is 70.7 Å². The van der Waals surface area contributed by atoms with Crippen LogP contribution < -0.4 is 5.46 Å². The van der Waals surface area contributed by atoms with Crippen LogP contribution in [0.15, 0.2) is 103 Å². The van der Waals surface area contributed by atoms with Crippen LogP contribution in [-0.2, 0) is 20.1 Å². The number of rotatable bonds is 1. The minimum Gasteiger partial charge on any atom is -0.395 e. The summed E-state index contributed by atoms with van der Waals surface area (Å²) in [6, 6.07) is 39.0. The number of benzene rings is 7. The molecule has 1 saturated heterocycles. The van der Waals surface area contributed by atoms with Crippen molar-refractivity contribution in [1.29, 1.82) is 0 Å². The van der Waals surface area contributed by atoms with Crippen molar-refractivity contribution in [2.45, 2.75) is 70.5 Å². The highest BCUT2D eigenvalue weighted by Gasteiger charge is 2.58. The zero-order valence-corrected chi connectivity index (χ0v) is 29.4. The summed E-state index contributed by atoms with van der Waals surface area (Å²) in [6.07, 6.45) is 0. The lowest BCUT2D eigenvalue weighted by Gasteiger charge is -2.25. The van der Waals surface area contributed by atoms with E-state index in [2.05, 4.69) is 152 Å². The van der Waals surface area contributed by atoms with Crippen molar-refractivity contribution in [1.82, 2.24) is 0 Å². The Morgan fingerprint density at radius 1 is 0.449 bits per heavy atom. The van der Waals surface area contributed by atoms with Gasteiger partial charge in [-0.25, -0.2) is 0 Å². The van der Waals surface area contributed by atoms with Crippen molar-refractivity contribution in [3.05, 3.63) is 132 Å². The summed E-state index contributed by atoms with van der Waals surface area (Å²) >= 11 is 0. The van der Waals surface area contributed by atoms with Gasteiger partial charge in [0.2, 0.25) is 5.60 Å². The molecule has 238 valence electrons. The molecule has 0 N–H and O–H groups in total. The number of hydrogen-bond donors (Lipinski definition) is 0. The van der Waals surface area contributed by atoms with Gasteiger partial charge in [-0.05, 0) is 131 Å². The standard InChI is InChI=1S/C46H40BO2/c1-43(2)37-22-33-29-18-12-10-16-27(29)26-15-9-11-17-28(26)32(33)21-34(37)35-23-39-36(24-38(35)43)42-31-20-14-13-19-30(31)41(25-40(42)44(39,3)4)47-48-45(5,6)46(7,8)49-47/h9-25H,5H2,1-4,6-8H3/q+1. The van der Waals surface area contributed by atoms with Crippen molar-refractivity contribution in [2.24, 2.45) is 0 Å². The topological polar surface area (TPSA) is 18.5 Å². The molecule has 1 atom stereocenters. The van der Waals surface area contributed by atoms with Crippen LogP contribution in [0.25, 0.3) is 65.3 Å². The molecule has 0 spiro atoms. The van der Waals surface area contributed by atoms with Crippen LogP contribution in [-0.4, -0.2) is 18.3 Å². The molecule has 7 aromatic rings.